The zero-order chi connectivity index (χ0) is 20.1. The Balaban J connectivity index is 1.57. The van der Waals surface area contributed by atoms with Crippen molar-refractivity contribution in [1.29, 1.82) is 0 Å². The van der Waals surface area contributed by atoms with Gasteiger partial charge in [-0.05, 0) is 35.9 Å². The van der Waals surface area contributed by atoms with Gasteiger partial charge in [0.05, 0.1) is 25.3 Å². The normalized spacial score (nSPS) is 11.1. The van der Waals surface area contributed by atoms with Crippen LogP contribution in [0.15, 0.2) is 42.5 Å². The van der Waals surface area contributed by atoms with Crippen molar-refractivity contribution in [1.82, 2.24) is 14.9 Å². The molecule has 0 aliphatic carbocycles. The highest BCUT2D eigenvalue weighted by molar-refractivity contribution is 5.91. The number of ether oxygens (including phenoxy) is 2. The van der Waals surface area contributed by atoms with Crippen molar-refractivity contribution >= 4 is 23.0 Å². The van der Waals surface area contributed by atoms with E-state index in [0.717, 1.165) is 16.9 Å². The van der Waals surface area contributed by atoms with Crippen LogP contribution in [0.3, 0.4) is 0 Å². The number of carbonyl (C=O) groups excluding carboxylic acids is 1. The van der Waals surface area contributed by atoms with Gasteiger partial charge in [-0.1, -0.05) is 6.07 Å². The number of nitrogens with zero attached hydrogens (tertiary/aromatic N) is 2. The van der Waals surface area contributed by atoms with Crippen LogP contribution >= 0.6 is 0 Å². The van der Waals surface area contributed by atoms with Crippen molar-refractivity contribution in [2.75, 3.05) is 20.8 Å². The number of halogens is 1. The molecule has 1 aromatic heterocycles. The van der Waals surface area contributed by atoms with E-state index in [9.17, 15) is 9.18 Å². The van der Waals surface area contributed by atoms with E-state index >= 15 is 0 Å². The fourth-order valence-electron chi connectivity index (χ4n) is 2.93. The van der Waals surface area contributed by atoms with Gasteiger partial charge in [-0.3, -0.25) is 4.79 Å². The highest BCUT2D eigenvalue weighted by atomic mass is 19.1. The minimum absolute atomic E-state index is 0.209. The van der Waals surface area contributed by atoms with E-state index in [-0.39, 0.29) is 11.7 Å². The van der Waals surface area contributed by atoms with Gasteiger partial charge in [-0.25, -0.2) is 9.37 Å². The van der Waals surface area contributed by atoms with Gasteiger partial charge in [0.25, 0.3) is 0 Å². The van der Waals surface area contributed by atoms with Crippen LogP contribution in [0.25, 0.3) is 17.1 Å². The monoisotopic (exact) mass is 383 g/mol. The largest absolute Gasteiger partial charge is 0.493 e. The Bertz CT molecular complexity index is 1030. The van der Waals surface area contributed by atoms with Crippen molar-refractivity contribution in [3.8, 4) is 11.5 Å². The third kappa shape index (κ3) is 4.31. The van der Waals surface area contributed by atoms with Crippen LogP contribution in [0.5, 0.6) is 11.5 Å². The van der Waals surface area contributed by atoms with Gasteiger partial charge in [0.1, 0.15) is 11.6 Å². The molecule has 6 nitrogen and oxygen atoms in total. The molecule has 1 N–H and O–H groups in total. The number of hydrogen-bond donors (Lipinski definition) is 1. The summed E-state index contributed by atoms with van der Waals surface area (Å²) in [5, 5.41) is 2.83. The molecule has 1 heterocycles. The summed E-state index contributed by atoms with van der Waals surface area (Å²) in [6, 6.07) is 9.93. The van der Waals surface area contributed by atoms with Crippen molar-refractivity contribution in [3.05, 3.63) is 59.7 Å². The average molecular weight is 383 g/mol. The van der Waals surface area contributed by atoms with Crippen LogP contribution < -0.4 is 14.8 Å². The molecule has 0 bridgehead atoms. The fourth-order valence-corrected chi connectivity index (χ4v) is 2.93. The number of benzene rings is 2. The van der Waals surface area contributed by atoms with Crippen molar-refractivity contribution in [3.63, 3.8) is 0 Å². The molecule has 0 aliphatic rings. The first-order chi connectivity index (χ1) is 13.5. The van der Waals surface area contributed by atoms with Crippen LogP contribution in [-0.4, -0.2) is 36.2 Å². The van der Waals surface area contributed by atoms with Crippen molar-refractivity contribution in [2.24, 2.45) is 7.05 Å². The molecule has 146 valence electrons. The zero-order valence-corrected chi connectivity index (χ0v) is 16.0. The number of aryl methyl sites for hydroxylation is 1. The van der Waals surface area contributed by atoms with E-state index in [0.29, 0.717) is 30.0 Å². The Morgan fingerprint density at radius 2 is 1.96 bits per heavy atom. The number of aromatic nitrogens is 2. The lowest BCUT2D eigenvalue weighted by Gasteiger charge is -2.07. The summed E-state index contributed by atoms with van der Waals surface area (Å²) in [4.78, 5) is 16.5. The maximum atomic E-state index is 13.3. The van der Waals surface area contributed by atoms with Gasteiger partial charge in [0.2, 0.25) is 5.91 Å². The highest BCUT2D eigenvalue weighted by Crippen LogP contribution is 2.27. The van der Waals surface area contributed by atoms with Gasteiger partial charge >= 0.3 is 0 Å². The minimum atomic E-state index is -0.314. The number of imidazole rings is 1. The van der Waals surface area contributed by atoms with Gasteiger partial charge in [-0.2, -0.15) is 0 Å². The van der Waals surface area contributed by atoms with E-state index in [1.807, 2.05) is 17.7 Å². The summed E-state index contributed by atoms with van der Waals surface area (Å²) in [7, 11) is 5.01. The lowest BCUT2D eigenvalue weighted by Crippen LogP contribution is -2.24. The Morgan fingerprint density at radius 3 is 2.71 bits per heavy atom. The van der Waals surface area contributed by atoms with Crippen LogP contribution in [0.4, 0.5) is 4.39 Å². The van der Waals surface area contributed by atoms with Crippen LogP contribution in [0, 0.1) is 5.82 Å². The number of fused-ring (bicyclic) bond motifs is 1. The lowest BCUT2D eigenvalue weighted by molar-refractivity contribution is -0.116. The molecule has 0 aliphatic heterocycles. The first-order valence-electron chi connectivity index (χ1n) is 8.80. The molecule has 28 heavy (non-hydrogen) atoms. The number of hydrogen-bond acceptors (Lipinski definition) is 4. The van der Waals surface area contributed by atoms with Crippen LogP contribution in [-0.2, 0) is 18.3 Å². The standard InChI is InChI=1S/C21H22FN3O3/c1-25-17-7-6-15(22)13-16(17)24-20(25)10-11-23-21(26)9-5-14-4-8-18(27-2)19(12-14)28-3/h4-9,12-13H,10-11H2,1-3H3,(H,23,26)/b9-5+. The zero-order valence-electron chi connectivity index (χ0n) is 16.0. The van der Waals surface area contributed by atoms with E-state index in [1.165, 1.54) is 18.2 Å². The van der Waals surface area contributed by atoms with E-state index < -0.39 is 0 Å². The molecule has 0 radical (unpaired) electrons. The number of amides is 1. The Kier molecular flexibility index (Phi) is 5.93. The van der Waals surface area contributed by atoms with Gasteiger partial charge < -0.3 is 19.4 Å². The van der Waals surface area contributed by atoms with Crippen LogP contribution in [0.1, 0.15) is 11.4 Å². The molecule has 0 saturated heterocycles. The highest BCUT2D eigenvalue weighted by Gasteiger charge is 2.09. The molecule has 1 amide bonds. The molecule has 2 aromatic carbocycles. The molecule has 0 unspecified atom stereocenters. The van der Waals surface area contributed by atoms with E-state index in [2.05, 4.69) is 10.3 Å². The second-order valence-corrected chi connectivity index (χ2v) is 6.21. The summed E-state index contributed by atoms with van der Waals surface area (Å²) in [6.07, 6.45) is 3.71. The molecule has 3 aromatic rings. The minimum Gasteiger partial charge on any atom is -0.493 e. The molecular formula is C21H22FN3O3. The number of rotatable bonds is 7. The van der Waals surface area contributed by atoms with Gasteiger partial charge in [0, 0.05) is 32.2 Å². The second-order valence-electron chi connectivity index (χ2n) is 6.21. The fraction of sp³-hybridized carbons (Fsp3) is 0.238. The number of carbonyl (C=O) groups is 1. The Morgan fingerprint density at radius 1 is 1.18 bits per heavy atom. The SMILES string of the molecule is COc1ccc(/C=C/C(=O)NCCc2nc3cc(F)ccc3n2C)cc1OC. The summed E-state index contributed by atoms with van der Waals surface area (Å²) < 4.78 is 25.7. The van der Waals surface area contributed by atoms with Crippen LogP contribution in [0.2, 0.25) is 0 Å². The molecular weight excluding hydrogens is 361 g/mol. The third-order valence-electron chi connectivity index (χ3n) is 4.42. The molecule has 0 atom stereocenters. The quantitative estimate of drug-likeness (QED) is 0.637. The summed E-state index contributed by atoms with van der Waals surface area (Å²) in [5.41, 5.74) is 2.29. The first-order valence-corrected chi connectivity index (χ1v) is 8.80. The number of nitrogens with one attached hydrogen (secondary N) is 1. The Hall–Kier alpha value is -3.35. The number of methoxy groups -OCH3 is 2. The maximum absolute atomic E-state index is 13.3. The maximum Gasteiger partial charge on any atom is 0.244 e. The first kappa shape index (κ1) is 19.4. The predicted octanol–water partition coefficient (Wildman–Crippen LogP) is 3.10. The van der Waals surface area contributed by atoms with E-state index in [1.54, 1.807) is 38.5 Å². The molecule has 7 heteroatoms. The Labute approximate surface area is 162 Å². The third-order valence-corrected chi connectivity index (χ3v) is 4.42. The van der Waals surface area contributed by atoms with Gasteiger partial charge in [-0.15, -0.1) is 0 Å². The second kappa shape index (κ2) is 8.56. The van der Waals surface area contributed by atoms with Crippen molar-refractivity contribution in [2.45, 2.75) is 6.42 Å². The predicted molar refractivity (Wildman–Crippen MR) is 106 cm³/mol. The molecule has 0 spiro atoms. The smallest absolute Gasteiger partial charge is 0.244 e. The molecule has 3 rings (SSSR count). The van der Waals surface area contributed by atoms with Gasteiger partial charge in [0.15, 0.2) is 11.5 Å². The molecule has 0 fully saturated rings. The topological polar surface area (TPSA) is 65.4 Å². The summed E-state index contributed by atoms with van der Waals surface area (Å²) in [6.45, 7) is 0.425. The molecule has 0 saturated carbocycles. The summed E-state index contributed by atoms with van der Waals surface area (Å²) in [5.74, 6) is 1.49. The van der Waals surface area contributed by atoms with E-state index in [4.69, 9.17) is 9.47 Å². The average Bonchev–Trinajstić information content (AvgIpc) is 3.00. The summed E-state index contributed by atoms with van der Waals surface area (Å²) >= 11 is 0. The lowest BCUT2D eigenvalue weighted by atomic mass is 10.2. The van der Waals surface area contributed by atoms with Crippen molar-refractivity contribution < 1.29 is 18.7 Å².